The lowest BCUT2D eigenvalue weighted by Crippen LogP contribution is -2.09. The van der Waals surface area contributed by atoms with Gasteiger partial charge in [-0.15, -0.1) is 0 Å². The SMILES string of the molecule is Cc1cccc(CC(C)(C)C)c1Cl. The molecule has 0 unspecified atom stereocenters. The van der Waals surface area contributed by atoms with E-state index in [1.165, 1.54) is 11.1 Å². The number of aryl methyl sites for hydroxylation is 1. The quantitative estimate of drug-likeness (QED) is 0.631. The predicted octanol–water partition coefficient (Wildman–Crippen LogP) is 4.24. The van der Waals surface area contributed by atoms with E-state index < -0.39 is 0 Å². The van der Waals surface area contributed by atoms with Crippen molar-refractivity contribution in [1.82, 2.24) is 0 Å². The van der Waals surface area contributed by atoms with Crippen molar-refractivity contribution in [2.75, 3.05) is 0 Å². The van der Waals surface area contributed by atoms with E-state index in [1.807, 2.05) is 0 Å². The molecule has 72 valence electrons. The molecule has 0 saturated carbocycles. The Balaban J connectivity index is 2.96. The fourth-order valence-electron chi connectivity index (χ4n) is 1.42. The van der Waals surface area contributed by atoms with Crippen molar-refractivity contribution >= 4 is 11.6 Å². The average molecular weight is 197 g/mol. The third-order valence-electron chi connectivity index (χ3n) is 1.99. The van der Waals surface area contributed by atoms with Gasteiger partial charge in [0.2, 0.25) is 0 Å². The number of hydrogen-bond donors (Lipinski definition) is 0. The van der Waals surface area contributed by atoms with E-state index in [-0.39, 0.29) is 0 Å². The first kappa shape index (κ1) is 10.6. The highest BCUT2D eigenvalue weighted by Gasteiger charge is 2.13. The van der Waals surface area contributed by atoms with Crippen molar-refractivity contribution in [1.29, 1.82) is 0 Å². The number of benzene rings is 1. The Morgan fingerprint density at radius 2 is 1.85 bits per heavy atom. The van der Waals surface area contributed by atoms with Crippen molar-refractivity contribution in [3.8, 4) is 0 Å². The van der Waals surface area contributed by atoms with Gasteiger partial charge in [-0.25, -0.2) is 0 Å². The van der Waals surface area contributed by atoms with Crippen LogP contribution in [0.2, 0.25) is 5.02 Å². The third-order valence-corrected chi connectivity index (χ3v) is 2.53. The molecule has 0 radical (unpaired) electrons. The second-order valence-corrected chi connectivity index (χ2v) is 5.16. The summed E-state index contributed by atoms with van der Waals surface area (Å²) in [6.07, 6.45) is 1.04. The summed E-state index contributed by atoms with van der Waals surface area (Å²) >= 11 is 6.20. The Labute approximate surface area is 85.9 Å². The molecule has 0 N–H and O–H groups in total. The molecule has 0 aliphatic rings. The summed E-state index contributed by atoms with van der Waals surface area (Å²) in [5, 5.41) is 0.928. The van der Waals surface area contributed by atoms with Crippen LogP contribution in [0.3, 0.4) is 0 Å². The molecule has 0 aliphatic carbocycles. The van der Waals surface area contributed by atoms with Crippen LogP contribution in [0.4, 0.5) is 0 Å². The minimum absolute atomic E-state index is 0.303. The Morgan fingerprint density at radius 3 is 2.38 bits per heavy atom. The van der Waals surface area contributed by atoms with Crippen LogP contribution < -0.4 is 0 Å². The van der Waals surface area contributed by atoms with E-state index in [2.05, 4.69) is 45.9 Å². The van der Waals surface area contributed by atoms with Gasteiger partial charge < -0.3 is 0 Å². The zero-order valence-electron chi connectivity index (χ0n) is 8.82. The molecule has 0 spiro atoms. The molecule has 1 rings (SSSR count). The molecular formula is C12H17Cl. The van der Waals surface area contributed by atoms with E-state index in [1.54, 1.807) is 0 Å². The molecule has 0 atom stereocenters. The van der Waals surface area contributed by atoms with Crippen LogP contribution in [0, 0.1) is 12.3 Å². The van der Waals surface area contributed by atoms with Gasteiger partial charge in [0, 0.05) is 5.02 Å². The highest BCUT2D eigenvalue weighted by atomic mass is 35.5. The summed E-state index contributed by atoms with van der Waals surface area (Å²) in [5.41, 5.74) is 2.73. The van der Waals surface area contributed by atoms with E-state index in [9.17, 15) is 0 Å². The molecular weight excluding hydrogens is 180 g/mol. The summed E-state index contributed by atoms with van der Waals surface area (Å²) in [6, 6.07) is 6.23. The summed E-state index contributed by atoms with van der Waals surface area (Å²) in [7, 11) is 0. The Bertz CT molecular complexity index is 294. The monoisotopic (exact) mass is 196 g/mol. The van der Waals surface area contributed by atoms with E-state index in [0.29, 0.717) is 5.41 Å². The Hall–Kier alpha value is -0.490. The van der Waals surface area contributed by atoms with Gasteiger partial charge in [0.05, 0.1) is 0 Å². The van der Waals surface area contributed by atoms with Gasteiger partial charge in [0.25, 0.3) is 0 Å². The fraction of sp³-hybridized carbons (Fsp3) is 0.500. The molecule has 0 fully saturated rings. The van der Waals surface area contributed by atoms with Gasteiger partial charge in [-0.2, -0.15) is 0 Å². The number of hydrogen-bond acceptors (Lipinski definition) is 0. The lowest BCUT2D eigenvalue weighted by molar-refractivity contribution is 0.411. The minimum atomic E-state index is 0.303. The zero-order chi connectivity index (χ0) is 10.1. The zero-order valence-corrected chi connectivity index (χ0v) is 9.57. The normalized spacial score (nSPS) is 11.8. The van der Waals surface area contributed by atoms with Crippen LogP contribution in [0.15, 0.2) is 18.2 Å². The van der Waals surface area contributed by atoms with E-state index >= 15 is 0 Å². The Kier molecular flexibility index (Phi) is 3.02. The lowest BCUT2D eigenvalue weighted by atomic mass is 9.88. The van der Waals surface area contributed by atoms with Crippen LogP contribution in [-0.4, -0.2) is 0 Å². The number of halogens is 1. The van der Waals surface area contributed by atoms with Crippen molar-refractivity contribution in [3.63, 3.8) is 0 Å². The van der Waals surface area contributed by atoms with Gasteiger partial charge in [0.1, 0.15) is 0 Å². The van der Waals surface area contributed by atoms with Gasteiger partial charge >= 0.3 is 0 Å². The molecule has 0 bridgehead atoms. The van der Waals surface area contributed by atoms with Gasteiger partial charge in [-0.1, -0.05) is 50.6 Å². The molecule has 0 aliphatic heterocycles. The topological polar surface area (TPSA) is 0 Å². The average Bonchev–Trinajstić information content (AvgIpc) is 1.96. The molecule has 0 saturated heterocycles. The van der Waals surface area contributed by atoms with Crippen molar-refractivity contribution in [2.24, 2.45) is 5.41 Å². The molecule has 1 aromatic carbocycles. The first-order valence-electron chi connectivity index (χ1n) is 4.64. The second-order valence-electron chi connectivity index (χ2n) is 4.79. The third kappa shape index (κ3) is 3.04. The summed E-state index contributed by atoms with van der Waals surface area (Å²) in [6.45, 7) is 8.73. The van der Waals surface area contributed by atoms with Crippen LogP contribution in [0.1, 0.15) is 31.9 Å². The molecule has 0 nitrogen and oxygen atoms in total. The minimum Gasteiger partial charge on any atom is -0.0837 e. The highest BCUT2D eigenvalue weighted by molar-refractivity contribution is 6.32. The largest absolute Gasteiger partial charge is 0.0837 e. The first-order valence-corrected chi connectivity index (χ1v) is 5.02. The smallest absolute Gasteiger partial charge is 0.0467 e. The maximum atomic E-state index is 6.20. The fourth-order valence-corrected chi connectivity index (χ4v) is 1.61. The predicted molar refractivity (Wildman–Crippen MR) is 59.3 cm³/mol. The summed E-state index contributed by atoms with van der Waals surface area (Å²) in [4.78, 5) is 0. The molecule has 1 heteroatoms. The van der Waals surface area contributed by atoms with Gasteiger partial charge in [0.15, 0.2) is 0 Å². The molecule has 0 aromatic heterocycles. The van der Waals surface area contributed by atoms with Crippen molar-refractivity contribution in [2.45, 2.75) is 34.1 Å². The standard InChI is InChI=1S/C12H17Cl/c1-9-6-5-7-10(11(9)13)8-12(2,3)4/h5-7H,8H2,1-4H3. The first-order chi connectivity index (χ1) is 5.90. The maximum Gasteiger partial charge on any atom is 0.0467 e. The second kappa shape index (κ2) is 3.71. The van der Waals surface area contributed by atoms with Crippen LogP contribution in [-0.2, 0) is 6.42 Å². The molecule has 0 heterocycles. The van der Waals surface area contributed by atoms with E-state index in [4.69, 9.17) is 11.6 Å². The van der Waals surface area contributed by atoms with Gasteiger partial charge in [-0.05, 0) is 29.9 Å². The Morgan fingerprint density at radius 1 is 1.23 bits per heavy atom. The number of rotatable bonds is 1. The summed E-state index contributed by atoms with van der Waals surface area (Å²) < 4.78 is 0. The van der Waals surface area contributed by atoms with Crippen LogP contribution in [0.25, 0.3) is 0 Å². The molecule has 1 aromatic rings. The van der Waals surface area contributed by atoms with Crippen LogP contribution in [0.5, 0.6) is 0 Å². The van der Waals surface area contributed by atoms with Crippen LogP contribution >= 0.6 is 11.6 Å². The van der Waals surface area contributed by atoms with Crippen molar-refractivity contribution < 1.29 is 0 Å². The maximum absolute atomic E-state index is 6.20. The van der Waals surface area contributed by atoms with Gasteiger partial charge in [-0.3, -0.25) is 0 Å². The lowest BCUT2D eigenvalue weighted by Gasteiger charge is -2.19. The highest BCUT2D eigenvalue weighted by Crippen LogP contribution is 2.27. The van der Waals surface area contributed by atoms with Crippen molar-refractivity contribution in [3.05, 3.63) is 34.3 Å². The molecule has 0 amide bonds. The summed E-state index contributed by atoms with van der Waals surface area (Å²) in [5.74, 6) is 0. The van der Waals surface area contributed by atoms with E-state index in [0.717, 1.165) is 11.4 Å². The molecule has 13 heavy (non-hydrogen) atoms.